The average molecular weight is 609 g/mol. The Hall–Kier alpha value is -6.08. The summed E-state index contributed by atoms with van der Waals surface area (Å²) in [5.74, 6) is 4.30. The van der Waals surface area contributed by atoms with E-state index >= 15 is 0 Å². The van der Waals surface area contributed by atoms with Crippen molar-refractivity contribution in [2.24, 2.45) is 0 Å². The second kappa shape index (κ2) is 12.9. The molecule has 0 atom stereocenters. The quantitative estimate of drug-likeness (QED) is 0.140. The molecule has 0 saturated carbocycles. The summed E-state index contributed by atoms with van der Waals surface area (Å²) in [5.41, 5.74) is 25.8. The molecule has 0 amide bonds. The first-order valence-corrected chi connectivity index (χ1v) is 14.9. The third kappa shape index (κ3) is 6.84. The summed E-state index contributed by atoms with van der Waals surface area (Å²) in [6.45, 7) is 5.98. The Morgan fingerprint density at radius 2 is 0.630 bits per heavy atom. The molecule has 0 aliphatic heterocycles. The predicted molar refractivity (Wildman–Crippen MR) is 188 cm³/mol. The Morgan fingerprint density at radius 1 is 0.370 bits per heavy atom. The molecule has 0 saturated heterocycles. The smallest absolute Gasteiger partial charge is 0.132 e. The Kier molecular flexibility index (Phi) is 8.39. The molecule has 6 aromatic rings. The fourth-order valence-electron chi connectivity index (χ4n) is 5.00. The van der Waals surface area contributed by atoms with Crippen LogP contribution in [0.15, 0.2) is 127 Å². The highest BCUT2D eigenvalue weighted by atomic mass is 16.5. The van der Waals surface area contributed by atoms with E-state index < -0.39 is 0 Å². The number of rotatable bonds is 9. The molecule has 0 radical (unpaired) electrons. The van der Waals surface area contributed by atoms with E-state index in [0.717, 1.165) is 51.0 Å². The Morgan fingerprint density at radius 3 is 0.891 bits per heavy atom. The minimum absolute atomic E-state index is 0.653. The molecule has 0 aliphatic rings. The van der Waals surface area contributed by atoms with E-state index in [4.69, 9.17) is 31.4 Å². The van der Waals surface area contributed by atoms with Crippen molar-refractivity contribution < 1.29 is 14.2 Å². The fourth-order valence-corrected chi connectivity index (χ4v) is 5.00. The topological polar surface area (TPSA) is 109 Å². The first kappa shape index (κ1) is 30.0. The lowest BCUT2D eigenvalue weighted by Gasteiger charge is -2.26. The molecule has 46 heavy (non-hydrogen) atoms. The van der Waals surface area contributed by atoms with Gasteiger partial charge in [-0.3, -0.25) is 0 Å². The Labute approximate surface area is 269 Å². The van der Waals surface area contributed by atoms with Gasteiger partial charge in [0.2, 0.25) is 0 Å². The van der Waals surface area contributed by atoms with Gasteiger partial charge >= 0.3 is 0 Å². The monoisotopic (exact) mass is 608 g/mol. The second-order valence-corrected chi connectivity index (χ2v) is 11.2. The maximum absolute atomic E-state index is 6.17. The average Bonchev–Trinajstić information content (AvgIpc) is 3.05. The van der Waals surface area contributed by atoms with Crippen molar-refractivity contribution >= 4 is 34.1 Å². The van der Waals surface area contributed by atoms with Crippen LogP contribution in [-0.4, -0.2) is 0 Å². The molecule has 0 spiro atoms. The molecule has 0 aliphatic carbocycles. The molecule has 0 aromatic heterocycles. The molecule has 7 nitrogen and oxygen atoms in total. The van der Waals surface area contributed by atoms with E-state index in [-0.39, 0.29) is 0 Å². The van der Waals surface area contributed by atoms with Crippen LogP contribution in [0, 0.1) is 20.8 Å². The van der Waals surface area contributed by atoms with Gasteiger partial charge in [-0.1, -0.05) is 18.2 Å². The number of benzene rings is 6. The van der Waals surface area contributed by atoms with Gasteiger partial charge in [0.1, 0.15) is 34.5 Å². The molecule has 6 rings (SSSR count). The second-order valence-electron chi connectivity index (χ2n) is 11.2. The highest BCUT2D eigenvalue weighted by Gasteiger charge is 2.15. The fraction of sp³-hybridized carbons (Fsp3) is 0.0769. The molecular formula is C39H36N4O3. The van der Waals surface area contributed by atoms with Crippen LogP contribution >= 0.6 is 0 Å². The summed E-state index contributed by atoms with van der Waals surface area (Å²) < 4.78 is 18.5. The summed E-state index contributed by atoms with van der Waals surface area (Å²) in [6.07, 6.45) is 0. The summed E-state index contributed by atoms with van der Waals surface area (Å²) in [5, 5.41) is 0. The van der Waals surface area contributed by atoms with Gasteiger partial charge in [-0.2, -0.15) is 0 Å². The van der Waals surface area contributed by atoms with Crippen molar-refractivity contribution in [1.82, 2.24) is 0 Å². The van der Waals surface area contributed by atoms with Crippen molar-refractivity contribution in [3.8, 4) is 34.5 Å². The third-order valence-corrected chi connectivity index (χ3v) is 7.60. The number of nitrogens with two attached hydrogens (primary N) is 3. The first-order valence-electron chi connectivity index (χ1n) is 14.9. The molecule has 7 heteroatoms. The molecule has 0 bridgehead atoms. The van der Waals surface area contributed by atoms with Crippen LogP contribution in [-0.2, 0) is 0 Å². The molecule has 6 N–H and O–H groups in total. The molecule has 0 unspecified atom stereocenters. The van der Waals surface area contributed by atoms with E-state index in [1.165, 1.54) is 0 Å². The minimum Gasteiger partial charge on any atom is -0.457 e. The summed E-state index contributed by atoms with van der Waals surface area (Å²) in [4.78, 5) is 2.15. The third-order valence-electron chi connectivity index (χ3n) is 7.60. The maximum atomic E-state index is 6.17. The Balaban J connectivity index is 1.31. The van der Waals surface area contributed by atoms with E-state index in [0.29, 0.717) is 34.3 Å². The molecule has 0 fully saturated rings. The predicted octanol–water partition coefficient (Wildman–Crippen LogP) is 10.2. The maximum Gasteiger partial charge on any atom is 0.132 e. The number of nitrogen functional groups attached to an aromatic ring is 3. The number of hydrogen-bond acceptors (Lipinski definition) is 7. The van der Waals surface area contributed by atoms with Crippen LogP contribution in [0.5, 0.6) is 34.5 Å². The molecule has 0 heterocycles. The zero-order valence-electron chi connectivity index (χ0n) is 26.0. The van der Waals surface area contributed by atoms with E-state index in [1.54, 1.807) is 0 Å². The normalized spacial score (nSPS) is 10.8. The number of hydrogen-bond donors (Lipinski definition) is 3. The summed E-state index contributed by atoms with van der Waals surface area (Å²) in [6, 6.07) is 40.8. The van der Waals surface area contributed by atoms with Gasteiger partial charge in [0, 0.05) is 52.3 Å². The lowest BCUT2D eigenvalue weighted by Crippen LogP contribution is -2.09. The highest BCUT2D eigenvalue weighted by molar-refractivity contribution is 5.77. The standard InChI is InChI=1S/C39H36N4O3/c1-25-4-7-28(40)22-37(25)44-34-16-10-31(11-17-34)43(32-12-18-35(19-13-32)45-38-23-29(41)8-5-26(38)2)33-14-20-36(21-15-33)46-39-24-30(42)9-6-27(39)3/h4-24H,40-42H2,1-3H3. The van der Waals surface area contributed by atoms with Crippen molar-refractivity contribution in [1.29, 1.82) is 0 Å². The highest BCUT2D eigenvalue weighted by Crippen LogP contribution is 2.39. The lowest BCUT2D eigenvalue weighted by atomic mass is 10.1. The van der Waals surface area contributed by atoms with E-state index in [2.05, 4.69) is 4.90 Å². The van der Waals surface area contributed by atoms with E-state index in [1.807, 2.05) is 148 Å². The zero-order chi connectivity index (χ0) is 32.2. The van der Waals surface area contributed by atoms with Gasteiger partial charge in [-0.05, 0) is 128 Å². The van der Waals surface area contributed by atoms with Crippen LogP contribution in [0.3, 0.4) is 0 Å². The zero-order valence-corrected chi connectivity index (χ0v) is 26.0. The Bertz CT molecular complexity index is 1740. The number of anilines is 6. The number of ether oxygens (including phenoxy) is 3. The van der Waals surface area contributed by atoms with Gasteiger partial charge in [-0.15, -0.1) is 0 Å². The van der Waals surface area contributed by atoms with Gasteiger partial charge in [-0.25, -0.2) is 0 Å². The van der Waals surface area contributed by atoms with Crippen LogP contribution < -0.4 is 36.3 Å². The van der Waals surface area contributed by atoms with Crippen LogP contribution in [0.25, 0.3) is 0 Å². The van der Waals surface area contributed by atoms with Crippen molar-refractivity contribution in [2.45, 2.75) is 20.8 Å². The number of nitrogens with zero attached hydrogens (tertiary/aromatic N) is 1. The first-order chi connectivity index (χ1) is 22.2. The van der Waals surface area contributed by atoms with Gasteiger partial charge in [0.15, 0.2) is 0 Å². The van der Waals surface area contributed by atoms with E-state index in [9.17, 15) is 0 Å². The van der Waals surface area contributed by atoms with Crippen molar-refractivity contribution in [3.63, 3.8) is 0 Å². The van der Waals surface area contributed by atoms with Gasteiger partial charge < -0.3 is 36.3 Å². The van der Waals surface area contributed by atoms with Gasteiger partial charge in [0.25, 0.3) is 0 Å². The SMILES string of the molecule is Cc1ccc(N)cc1Oc1ccc(N(c2ccc(Oc3cc(N)ccc3C)cc2)c2ccc(Oc3cc(N)ccc3C)cc2)cc1. The molecule has 230 valence electrons. The lowest BCUT2D eigenvalue weighted by molar-refractivity contribution is 0.479. The van der Waals surface area contributed by atoms with Crippen LogP contribution in [0.4, 0.5) is 34.1 Å². The van der Waals surface area contributed by atoms with Crippen LogP contribution in [0.2, 0.25) is 0 Å². The summed E-state index contributed by atoms with van der Waals surface area (Å²) >= 11 is 0. The van der Waals surface area contributed by atoms with Crippen molar-refractivity contribution in [3.05, 3.63) is 144 Å². The minimum atomic E-state index is 0.653. The summed E-state index contributed by atoms with van der Waals surface area (Å²) in [7, 11) is 0. The number of aryl methyl sites for hydroxylation is 3. The van der Waals surface area contributed by atoms with Gasteiger partial charge in [0.05, 0.1) is 0 Å². The van der Waals surface area contributed by atoms with Crippen LogP contribution in [0.1, 0.15) is 16.7 Å². The molecule has 6 aromatic carbocycles. The van der Waals surface area contributed by atoms with Crippen molar-refractivity contribution in [2.75, 3.05) is 22.1 Å². The largest absolute Gasteiger partial charge is 0.457 e. The molecular weight excluding hydrogens is 572 g/mol.